The van der Waals surface area contributed by atoms with Crippen molar-refractivity contribution in [2.75, 3.05) is 20.8 Å². The van der Waals surface area contributed by atoms with Crippen LogP contribution < -0.4 is 9.47 Å². The summed E-state index contributed by atoms with van der Waals surface area (Å²) in [4.78, 5) is 13.7. The maximum atomic E-state index is 12.3. The third-order valence-corrected chi connectivity index (χ3v) is 3.45. The predicted molar refractivity (Wildman–Crippen MR) is 75.1 cm³/mol. The Morgan fingerprint density at radius 2 is 2.23 bits per heavy atom. The lowest BCUT2D eigenvalue weighted by molar-refractivity contribution is -0.140. The van der Waals surface area contributed by atoms with Crippen LogP contribution in [-0.4, -0.2) is 44.3 Å². The van der Waals surface area contributed by atoms with Crippen LogP contribution in [-0.2, 0) is 16.1 Å². The summed E-state index contributed by atoms with van der Waals surface area (Å²) >= 11 is 0. The van der Waals surface area contributed by atoms with Crippen molar-refractivity contribution in [3.63, 3.8) is 0 Å². The van der Waals surface area contributed by atoms with E-state index in [4.69, 9.17) is 9.47 Å². The molecule has 1 aromatic rings. The van der Waals surface area contributed by atoms with Gasteiger partial charge in [-0.3, -0.25) is 4.79 Å². The van der Waals surface area contributed by atoms with E-state index in [0.29, 0.717) is 13.2 Å². The van der Waals surface area contributed by atoms with Crippen molar-refractivity contribution in [3.8, 4) is 11.5 Å². The number of methoxy groups -OCH3 is 1. The molecule has 0 bridgehead atoms. The third kappa shape index (κ3) is 4.07. The number of hydrogen-bond donors (Lipinski definition) is 0. The van der Waals surface area contributed by atoms with E-state index < -0.39 is 6.61 Å². The van der Waals surface area contributed by atoms with Gasteiger partial charge in [-0.1, -0.05) is 6.07 Å². The van der Waals surface area contributed by atoms with Crippen LogP contribution in [0.3, 0.4) is 0 Å². The molecule has 1 saturated heterocycles. The van der Waals surface area contributed by atoms with Crippen LogP contribution in [0.15, 0.2) is 18.2 Å². The molecule has 0 aliphatic carbocycles. The van der Waals surface area contributed by atoms with Gasteiger partial charge < -0.3 is 19.1 Å². The van der Waals surface area contributed by atoms with Crippen LogP contribution >= 0.6 is 0 Å². The molecule has 0 N–H and O–H groups in total. The van der Waals surface area contributed by atoms with Gasteiger partial charge in [-0.2, -0.15) is 8.78 Å². The number of ether oxygens (including phenoxy) is 3. The second kappa shape index (κ2) is 7.40. The van der Waals surface area contributed by atoms with Crippen molar-refractivity contribution in [3.05, 3.63) is 23.8 Å². The minimum atomic E-state index is -2.91. The Morgan fingerprint density at radius 1 is 1.45 bits per heavy atom. The Kier molecular flexibility index (Phi) is 5.54. The molecule has 2 rings (SSSR count). The average molecular weight is 315 g/mol. The van der Waals surface area contributed by atoms with E-state index in [1.54, 1.807) is 24.1 Å². The van der Waals surface area contributed by atoms with E-state index >= 15 is 0 Å². The number of rotatable bonds is 6. The molecule has 1 amide bonds. The van der Waals surface area contributed by atoms with E-state index in [1.807, 2.05) is 0 Å². The molecular formula is C15H19F2NO4. The van der Waals surface area contributed by atoms with E-state index in [0.717, 1.165) is 18.4 Å². The van der Waals surface area contributed by atoms with Crippen LogP contribution in [0.2, 0.25) is 0 Å². The summed E-state index contributed by atoms with van der Waals surface area (Å²) in [6.07, 6.45) is 1.24. The Hall–Kier alpha value is -1.89. The van der Waals surface area contributed by atoms with Crippen molar-refractivity contribution < 1.29 is 27.8 Å². The Labute approximate surface area is 127 Å². The van der Waals surface area contributed by atoms with Crippen LogP contribution in [0.1, 0.15) is 18.4 Å². The molecule has 1 atom stereocenters. The first kappa shape index (κ1) is 16.5. The minimum Gasteiger partial charge on any atom is -0.493 e. The molecule has 0 spiro atoms. The topological polar surface area (TPSA) is 48.0 Å². The number of hydrogen-bond acceptors (Lipinski definition) is 4. The zero-order valence-corrected chi connectivity index (χ0v) is 12.6. The Bertz CT molecular complexity index is 518. The summed E-state index contributed by atoms with van der Waals surface area (Å²) in [7, 11) is 3.05. The quantitative estimate of drug-likeness (QED) is 0.809. The van der Waals surface area contributed by atoms with E-state index in [-0.39, 0.29) is 23.5 Å². The van der Waals surface area contributed by atoms with E-state index in [9.17, 15) is 13.6 Å². The van der Waals surface area contributed by atoms with Gasteiger partial charge in [0.1, 0.15) is 6.10 Å². The highest BCUT2D eigenvalue weighted by Gasteiger charge is 2.26. The van der Waals surface area contributed by atoms with Crippen molar-refractivity contribution in [2.45, 2.75) is 32.1 Å². The van der Waals surface area contributed by atoms with Crippen LogP contribution in [0.4, 0.5) is 8.78 Å². The summed E-state index contributed by atoms with van der Waals surface area (Å²) < 4.78 is 39.3. The summed E-state index contributed by atoms with van der Waals surface area (Å²) in [6, 6.07) is 4.61. The molecule has 5 nitrogen and oxygen atoms in total. The molecule has 22 heavy (non-hydrogen) atoms. The lowest BCUT2D eigenvalue weighted by Crippen LogP contribution is -2.35. The van der Waals surface area contributed by atoms with E-state index in [2.05, 4.69) is 4.74 Å². The molecule has 1 aliphatic heterocycles. The molecule has 7 heteroatoms. The molecule has 1 aromatic carbocycles. The summed E-state index contributed by atoms with van der Waals surface area (Å²) in [5, 5.41) is 0. The Balaban J connectivity index is 2.04. The SMILES string of the molecule is COc1cc(CN(C)C(=O)[C@H]2CCCO2)ccc1OC(F)F. The maximum Gasteiger partial charge on any atom is 0.387 e. The van der Waals surface area contributed by atoms with Crippen molar-refractivity contribution in [2.24, 2.45) is 0 Å². The largest absolute Gasteiger partial charge is 0.493 e. The minimum absolute atomic E-state index is 0.0330. The standard InChI is InChI=1S/C15H19F2NO4/c1-18(14(19)12-4-3-7-21-12)9-10-5-6-11(22-15(16)17)13(8-10)20-2/h5-6,8,12,15H,3-4,7,9H2,1-2H3/t12-/m1/s1. The fraction of sp³-hybridized carbons (Fsp3) is 0.533. The first-order valence-corrected chi connectivity index (χ1v) is 6.99. The highest BCUT2D eigenvalue weighted by molar-refractivity contribution is 5.80. The van der Waals surface area contributed by atoms with Crippen LogP contribution in [0.5, 0.6) is 11.5 Å². The van der Waals surface area contributed by atoms with Gasteiger partial charge in [0.05, 0.1) is 7.11 Å². The summed E-state index contributed by atoms with van der Waals surface area (Å²) in [5.74, 6) is 0.0921. The molecule has 122 valence electrons. The zero-order valence-electron chi connectivity index (χ0n) is 12.6. The van der Waals surface area contributed by atoms with Gasteiger partial charge in [-0.25, -0.2) is 0 Å². The first-order chi connectivity index (χ1) is 10.5. The van der Waals surface area contributed by atoms with Crippen molar-refractivity contribution in [1.82, 2.24) is 4.90 Å². The van der Waals surface area contributed by atoms with Gasteiger partial charge >= 0.3 is 6.61 Å². The fourth-order valence-electron chi connectivity index (χ4n) is 2.37. The maximum absolute atomic E-state index is 12.3. The van der Waals surface area contributed by atoms with Crippen LogP contribution in [0.25, 0.3) is 0 Å². The second-order valence-electron chi connectivity index (χ2n) is 5.06. The molecular weight excluding hydrogens is 296 g/mol. The van der Waals surface area contributed by atoms with Gasteiger partial charge in [0, 0.05) is 20.2 Å². The molecule has 0 unspecified atom stereocenters. The zero-order chi connectivity index (χ0) is 16.1. The number of carbonyl (C=O) groups is 1. The van der Waals surface area contributed by atoms with E-state index in [1.165, 1.54) is 13.2 Å². The fourth-order valence-corrected chi connectivity index (χ4v) is 2.37. The number of benzene rings is 1. The number of likely N-dealkylation sites (N-methyl/N-ethyl adjacent to an activating group) is 1. The highest BCUT2D eigenvalue weighted by atomic mass is 19.3. The van der Waals surface area contributed by atoms with Gasteiger partial charge in [0.15, 0.2) is 11.5 Å². The summed E-state index contributed by atoms with van der Waals surface area (Å²) in [5.41, 5.74) is 0.757. The van der Waals surface area contributed by atoms with Gasteiger partial charge in [-0.05, 0) is 30.5 Å². The number of halogens is 2. The van der Waals surface area contributed by atoms with Gasteiger partial charge in [0.25, 0.3) is 5.91 Å². The highest BCUT2D eigenvalue weighted by Crippen LogP contribution is 2.30. The lowest BCUT2D eigenvalue weighted by Gasteiger charge is -2.21. The average Bonchev–Trinajstić information content (AvgIpc) is 3.01. The lowest BCUT2D eigenvalue weighted by atomic mass is 10.1. The smallest absolute Gasteiger partial charge is 0.387 e. The first-order valence-electron chi connectivity index (χ1n) is 6.99. The van der Waals surface area contributed by atoms with Crippen molar-refractivity contribution in [1.29, 1.82) is 0 Å². The molecule has 0 aromatic heterocycles. The van der Waals surface area contributed by atoms with Crippen LogP contribution in [0, 0.1) is 0 Å². The second-order valence-corrected chi connectivity index (χ2v) is 5.06. The van der Waals surface area contributed by atoms with Gasteiger partial charge in [0.2, 0.25) is 0 Å². The monoisotopic (exact) mass is 315 g/mol. The molecule has 0 radical (unpaired) electrons. The molecule has 1 fully saturated rings. The molecule has 0 saturated carbocycles. The normalized spacial score (nSPS) is 17.6. The molecule has 1 heterocycles. The number of amides is 1. The Morgan fingerprint density at radius 3 is 2.82 bits per heavy atom. The number of carbonyl (C=O) groups excluding carboxylic acids is 1. The molecule has 1 aliphatic rings. The number of nitrogens with zero attached hydrogens (tertiary/aromatic N) is 1. The van der Waals surface area contributed by atoms with Crippen molar-refractivity contribution >= 4 is 5.91 Å². The van der Waals surface area contributed by atoms with Gasteiger partial charge in [-0.15, -0.1) is 0 Å². The predicted octanol–water partition coefficient (Wildman–Crippen LogP) is 2.43. The number of alkyl halides is 2. The third-order valence-electron chi connectivity index (χ3n) is 3.45. The summed E-state index contributed by atoms with van der Waals surface area (Å²) in [6.45, 7) is -1.97.